The van der Waals surface area contributed by atoms with Crippen molar-refractivity contribution in [2.45, 2.75) is 20.3 Å². The molecule has 0 spiro atoms. The number of aryl methyl sites for hydroxylation is 1. The molecule has 1 aromatic heterocycles. The van der Waals surface area contributed by atoms with Crippen LogP contribution in [0.1, 0.15) is 27.9 Å². The van der Waals surface area contributed by atoms with Gasteiger partial charge in [-0.05, 0) is 49.1 Å². The van der Waals surface area contributed by atoms with E-state index in [1.807, 2.05) is 6.07 Å². The van der Waals surface area contributed by atoms with Gasteiger partial charge >= 0.3 is 0 Å². The Labute approximate surface area is 110 Å². The van der Waals surface area contributed by atoms with Gasteiger partial charge in [-0.2, -0.15) is 5.26 Å². The number of aromatic amines is 1. The first-order valence-electron chi connectivity index (χ1n) is 5.90. The molecule has 19 heavy (non-hydrogen) atoms. The number of halogens is 1. The number of nitriles is 1. The second kappa shape index (κ2) is 5.07. The van der Waals surface area contributed by atoms with Gasteiger partial charge in [-0.25, -0.2) is 4.39 Å². The minimum Gasteiger partial charge on any atom is -0.325 e. The number of nitrogens with one attached hydrogen (secondary N) is 1. The molecule has 0 saturated heterocycles. The fraction of sp³-hybridized carbons (Fsp3) is 0.200. The quantitative estimate of drug-likeness (QED) is 0.897. The van der Waals surface area contributed by atoms with Crippen molar-refractivity contribution in [3.05, 3.63) is 68.4 Å². The van der Waals surface area contributed by atoms with E-state index in [0.29, 0.717) is 12.0 Å². The predicted molar refractivity (Wildman–Crippen MR) is 70.5 cm³/mol. The lowest BCUT2D eigenvalue weighted by Crippen LogP contribution is -2.16. The number of rotatable bonds is 2. The van der Waals surface area contributed by atoms with Crippen LogP contribution in [0.5, 0.6) is 0 Å². The van der Waals surface area contributed by atoms with E-state index in [-0.39, 0.29) is 16.9 Å². The van der Waals surface area contributed by atoms with Gasteiger partial charge in [-0.3, -0.25) is 4.79 Å². The molecule has 2 aromatic rings. The molecule has 0 radical (unpaired) electrons. The summed E-state index contributed by atoms with van der Waals surface area (Å²) in [5, 5.41) is 9.00. The summed E-state index contributed by atoms with van der Waals surface area (Å²) in [5.74, 6) is -0.281. The van der Waals surface area contributed by atoms with Crippen molar-refractivity contribution in [2.24, 2.45) is 0 Å². The van der Waals surface area contributed by atoms with Gasteiger partial charge in [0.05, 0.1) is 0 Å². The fourth-order valence-corrected chi connectivity index (χ4v) is 2.12. The predicted octanol–water partition coefficient (Wildman–Crippen LogP) is 2.59. The van der Waals surface area contributed by atoms with Crippen LogP contribution in [0.3, 0.4) is 0 Å². The zero-order valence-electron chi connectivity index (χ0n) is 10.7. The summed E-state index contributed by atoms with van der Waals surface area (Å²) in [5.41, 5.74) is 3.05. The fourth-order valence-electron chi connectivity index (χ4n) is 2.12. The second-order valence-corrected chi connectivity index (χ2v) is 4.47. The summed E-state index contributed by atoms with van der Waals surface area (Å²) in [6.45, 7) is 3.56. The Kier molecular flexibility index (Phi) is 3.48. The van der Waals surface area contributed by atoms with E-state index in [1.54, 1.807) is 26.0 Å². The number of hydrogen-bond donors (Lipinski definition) is 1. The lowest BCUT2D eigenvalue weighted by atomic mass is 9.97. The Bertz CT molecular complexity index is 709. The number of H-pyrrole nitrogens is 1. The molecule has 0 amide bonds. The topological polar surface area (TPSA) is 56.6 Å². The average Bonchev–Trinajstić information content (AvgIpc) is 2.37. The summed E-state index contributed by atoms with van der Waals surface area (Å²) in [6, 6.07) is 8.12. The molecule has 1 N–H and O–H groups in total. The minimum absolute atomic E-state index is 0.141. The van der Waals surface area contributed by atoms with Gasteiger partial charge in [0.15, 0.2) is 0 Å². The third kappa shape index (κ3) is 2.55. The summed E-state index contributed by atoms with van der Waals surface area (Å²) >= 11 is 0. The number of pyridine rings is 1. The van der Waals surface area contributed by atoms with Crippen LogP contribution in [-0.4, -0.2) is 4.98 Å². The van der Waals surface area contributed by atoms with Crippen LogP contribution < -0.4 is 5.56 Å². The molecule has 0 aliphatic rings. The van der Waals surface area contributed by atoms with Crippen molar-refractivity contribution in [2.75, 3.05) is 0 Å². The average molecular weight is 256 g/mol. The van der Waals surface area contributed by atoms with Gasteiger partial charge in [0.25, 0.3) is 5.56 Å². The van der Waals surface area contributed by atoms with E-state index in [2.05, 4.69) is 4.98 Å². The zero-order valence-corrected chi connectivity index (χ0v) is 10.7. The first kappa shape index (κ1) is 13.0. The Hall–Kier alpha value is -2.41. The van der Waals surface area contributed by atoms with Crippen molar-refractivity contribution < 1.29 is 4.39 Å². The Morgan fingerprint density at radius 2 is 1.89 bits per heavy atom. The molecule has 3 nitrogen and oxygen atoms in total. The Balaban J connectivity index is 2.49. The maximum Gasteiger partial charge on any atom is 0.266 e. The van der Waals surface area contributed by atoms with E-state index in [4.69, 9.17) is 5.26 Å². The van der Waals surface area contributed by atoms with Gasteiger partial charge in [-0.1, -0.05) is 12.1 Å². The summed E-state index contributed by atoms with van der Waals surface area (Å²) < 4.78 is 12.9. The summed E-state index contributed by atoms with van der Waals surface area (Å²) in [4.78, 5) is 14.3. The van der Waals surface area contributed by atoms with Crippen LogP contribution >= 0.6 is 0 Å². The molecule has 96 valence electrons. The van der Waals surface area contributed by atoms with Crippen molar-refractivity contribution in [1.29, 1.82) is 5.26 Å². The van der Waals surface area contributed by atoms with Gasteiger partial charge in [0.2, 0.25) is 0 Å². The molecule has 1 heterocycles. The maximum atomic E-state index is 12.9. The largest absolute Gasteiger partial charge is 0.325 e. The van der Waals surface area contributed by atoms with Crippen LogP contribution in [0.25, 0.3) is 0 Å². The molecule has 0 atom stereocenters. The Morgan fingerprint density at radius 1 is 1.26 bits per heavy atom. The monoisotopic (exact) mass is 256 g/mol. The number of nitrogens with zero attached hydrogens (tertiary/aromatic N) is 1. The lowest BCUT2D eigenvalue weighted by Gasteiger charge is -2.10. The van der Waals surface area contributed by atoms with E-state index in [1.165, 1.54) is 12.1 Å². The highest BCUT2D eigenvalue weighted by molar-refractivity contribution is 5.44. The third-order valence-corrected chi connectivity index (χ3v) is 3.21. The van der Waals surface area contributed by atoms with Gasteiger partial charge in [-0.15, -0.1) is 0 Å². The molecule has 0 aliphatic heterocycles. The molecule has 0 fully saturated rings. The van der Waals surface area contributed by atoms with Crippen molar-refractivity contribution in [1.82, 2.24) is 4.98 Å². The highest BCUT2D eigenvalue weighted by Crippen LogP contribution is 2.17. The third-order valence-electron chi connectivity index (χ3n) is 3.21. The molecule has 0 saturated carbocycles. The van der Waals surface area contributed by atoms with Gasteiger partial charge in [0, 0.05) is 5.69 Å². The number of aromatic nitrogens is 1. The molecule has 0 unspecified atom stereocenters. The first-order valence-corrected chi connectivity index (χ1v) is 5.90. The zero-order chi connectivity index (χ0) is 14.0. The SMILES string of the molecule is Cc1[nH]c(=O)c(C#N)c(C)c1Cc1ccc(F)cc1. The number of hydrogen-bond acceptors (Lipinski definition) is 2. The van der Waals surface area contributed by atoms with Crippen LogP contribution in [0.15, 0.2) is 29.1 Å². The first-order chi connectivity index (χ1) is 9.02. The van der Waals surface area contributed by atoms with E-state index >= 15 is 0 Å². The molecule has 0 aliphatic carbocycles. The summed E-state index contributed by atoms with van der Waals surface area (Å²) in [7, 11) is 0. The molecule has 4 heteroatoms. The van der Waals surface area contributed by atoms with Gasteiger partial charge < -0.3 is 4.98 Å². The van der Waals surface area contributed by atoms with E-state index in [9.17, 15) is 9.18 Å². The minimum atomic E-state index is -0.361. The molecular formula is C15H13FN2O. The van der Waals surface area contributed by atoms with Crippen molar-refractivity contribution >= 4 is 0 Å². The van der Waals surface area contributed by atoms with Crippen molar-refractivity contribution in [3.8, 4) is 6.07 Å². The van der Waals surface area contributed by atoms with Gasteiger partial charge in [0.1, 0.15) is 17.4 Å². The molecule has 1 aromatic carbocycles. The number of benzene rings is 1. The Morgan fingerprint density at radius 3 is 2.47 bits per heavy atom. The van der Waals surface area contributed by atoms with E-state index in [0.717, 1.165) is 16.8 Å². The van der Waals surface area contributed by atoms with Crippen LogP contribution in [0, 0.1) is 31.0 Å². The van der Waals surface area contributed by atoms with E-state index < -0.39 is 0 Å². The smallest absolute Gasteiger partial charge is 0.266 e. The second-order valence-electron chi connectivity index (χ2n) is 4.47. The normalized spacial score (nSPS) is 10.2. The molecule has 2 rings (SSSR count). The summed E-state index contributed by atoms with van der Waals surface area (Å²) in [6.07, 6.45) is 0.559. The lowest BCUT2D eigenvalue weighted by molar-refractivity contribution is 0.627. The highest BCUT2D eigenvalue weighted by atomic mass is 19.1. The molecule has 0 bridgehead atoms. The standard InChI is InChI=1S/C15H13FN2O/c1-9-13(7-11-3-5-12(16)6-4-11)10(2)18-15(19)14(9)8-17/h3-6H,7H2,1-2H3,(H,18,19). The van der Waals surface area contributed by atoms with Crippen LogP contribution in [-0.2, 0) is 6.42 Å². The maximum absolute atomic E-state index is 12.9. The molecular weight excluding hydrogens is 243 g/mol. The van der Waals surface area contributed by atoms with Crippen molar-refractivity contribution in [3.63, 3.8) is 0 Å². The highest BCUT2D eigenvalue weighted by Gasteiger charge is 2.12. The van der Waals surface area contributed by atoms with Crippen LogP contribution in [0.2, 0.25) is 0 Å². The van der Waals surface area contributed by atoms with Crippen LogP contribution in [0.4, 0.5) is 4.39 Å².